The van der Waals surface area contributed by atoms with Crippen LogP contribution in [-0.2, 0) is 11.3 Å². The van der Waals surface area contributed by atoms with Crippen molar-refractivity contribution in [2.45, 2.75) is 56.7 Å². The van der Waals surface area contributed by atoms with Crippen molar-refractivity contribution in [1.82, 2.24) is 4.90 Å². The quantitative estimate of drug-likeness (QED) is 0.898. The van der Waals surface area contributed by atoms with Crippen LogP contribution in [0, 0.1) is 5.82 Å². The van der Waals surface area contributed by atoms with Crippen molar-refractivity contribution in [3.05, 3.63) is 35.6 Å². The minimum Gasteiger partial charge on any atom is -0.335 e. The molecule has 2 aliphatic carbocycles. The lowest BCUT2D eigenvalue weighted by molar-refractivity contribution is -0.134. The van der Waals surface area contributed by atoms with Crippen molar-refractivity contribution in [2.24, 2.45) is 5.73 Å². The summed E-state index contributed by atoms with van der Waals surface area (Å²) >= 11 is 0. The Morgan fingerprint density at radius 1 is 1.30 bits per heavy atom. The minimum absolute atomic E-state index is 0.152. The van der Waals surface area contributed by atoms with Gasteiger partial charge in [-0.3, -0.25) is 4.79 Å². The van der Waals surface area contributed by atoms with Crippen LogP contribution in [0.5, 0.6) is 0 Å². The van der Waals surface area contributed by atoms with E-state index in [9.17, 15) is 9.18 Å². The number of amides is 1. The fourth-order valence-corrected chi connectivity index (χ4v) is 2.80. The third kappa shape index (κ3) is 3.01. The predicted molar refractivity (Wildman–Crippen MR) is 75.4 cm³/mol. The lowest BCUT2D eigenvalue weighted by Gasteiger charge is -2.39. The molecule has 0 aromatic heterocycles. The summed E-state index contributed by atoms with van der Waals surface area (Å²) in [6.07, 6.45) is 5.63. The van der Waals surface area contributed by atoms with E-state index in [1.54, 1.807) is 12.1 Å². The molecule has 108 valence electrons. The third-order valence-electron chi connectivity index (χ3n) is 4.43. The maximum absolute atomic E-state index is 12.9. The molecular weight excluding hydrogens is 255 g/mol. The third-order valence-corrected chi connectivity index (χ3v) is 4.43. The SMILES string of the molecule is NC1(CC(=O)N(Cc2ccc(F)cc2)C2CC2)CCC1. The second-order valence-corrected chi connectivity index (χ2v) is 6.27. The lowest BCUT2D eigenvalue weighted by atomic mass is 9.75. The molecule has 1 aromatic carbocycles. The Kier molecular flexibility index (Phi) is 3.50. The largest absolute Gasteiger partial charge is 0.335 e. The Morgan fingerprint density at radius 2 is 1.95 bits per heavy atom. The Morgan fingerprint density at radius 3 is 2.45 bits per heavy atom. The normalized spacial score (nSPS) is 20.3. The van der Waals surface area contributed by atoms with Gasteiger partial charge in [-0.15, -0.1) is 0 Å². The first-order valence-electron chi connectivity index (χ1n) is 7.39. The Hall–Kier alpha value is -1.42. The average molecular weight is 276 g/mol. The molecule has 2 N–H and O–H groups in total. The number of carbonyl (C=O) groups is 1. The zero-order valence-electron chi connectivity index (χ0n) is 11.6. The summed E-state index contributed by atoms with van der Waals surface area (Å²) in [5.74, 6) is -0.0903. The molecule has 3 rings (SSSR count). The van der Waals surface area contributed by atoms with Gasteiger partial charge in [0.05, 0.1) is 0 Å². The van der Waals surface area contributed by atoms with Gasteiger partial charge in [-0.2, -0.15) is 0 Å². The van der Waals surface area contributed by atoms with Gasteiger partial charge in [-0.1, -0.05) is 12.1 Å². The van der Waals surface area contributed by atoms with Gasteiger partial charge in [-0.25, -0.2) is 4.39 Å². The molecule has 0 radical (unpaired) electrons. The van der Waals surface area contributed by atoms with Crippen LogP contribution in [0.15, 0.2) is 24.3 Å². The van der Waals surface area contributed by atoms with Gasteiger partial charge in [0.25, 0.3) is 0 Å². The zero-order chi connectivity index (χ0) is 14.2. The standard InChI is InChI=1S/C16H21FN2O/c17-13-4-2-12(3-5-13)11-19(14-6-7-14)15(20)10-16(18)8-1-9-16/h2-5,14H,1,6-11,18H2. The van der Waals surface area contributed by atoms with Crippen LogP contribution < -0.4 is 5.73 Å². The van der Waals surface area contributed by atoms with E-state index in [-0.39, 0.29) is 17.3 Å². The topological polar surface area (TPSA) is 46.3 Å². The highest BCUT2D eigenvalue weighted by Gasteiger charge is 2.39. The average Bonchev–Trinajstić information content (AvgIpc) is 3.20. The first-order chi connectivity index (χ1) is 9.56. The summed E-state index contributed by atoms with van der Waals surface area (Å²) < 4.78 is 12.9. The molecule has 0 spiro atoms. The first-order valence-corrected chi connectivity index (χ1v) is 7.39. The molecule has 0 saturated heterocycles. The van der Waals surface area contributed by atoms with Crippen LogP contribution in [0.1, 0.15) is 44.1 Å². The van der Waals surface area contributed by atoms with Crippen molar-refractivity contribution >= 4 is 5.91 Å². The molecular formula is C16H21FN2O. The summed E-state index contributed by atoms with van der Waals surface area (Å²) in [5.41, 5.74) is 6.89. The second kappa shape index (κ2) is 5.17. The molecule has 0 atom stereocenters. The van der Waals surface area contributed by atoms with Gasteiger partial charge in [0.15, 0.2) is 0 Å². The zero-order valence-corrected chi connectivity index (χ0v) is 11.6. The number of benzene rings is 1. The molecule has 1 amide bonds. The van der Waals surface area contributed by atoms with Crippen molar-refractivity contribution in [3.63, 3.8) is 0 Å². The number of nitrogens with zero attached hydrogens (tertiary/aromatic N) is 1. The van der Waals surface area contributed by atoms with Crippen molar-refractivity contribution < 1.29 is 9.18 Å². The van der Waals surface area contributed by atoms with Gasteiger partial charge in [-0.05, 0) is 49.8 Å². The minimum atomic E-state index is -0.271. The number of rotatable bonds is 5. The van der Waals surface area contributed by atoms with E-state index in [4.69, 9.17) is 5.73 Å². The van der Waals surface area contributed by atoms with Gasteiger partial charge in [0.2, 0.25) is 5.91 Å². The summed E-state index contributed by atoms with van der Waals surface area (Å²) in [7, 11) is 0. The second-order valence-electron chi connectivity index (χ2n) is 6.27. The summed E-state index contributed by atoms with van der Waals surface area (Å²) in [5, 5.41) is 0. The number of nitrogens with two attached hydrogens (primary N) is 1. The first kappa shape index (κ1) is 13.6. The van der Waals surface area contributed by atoms with Crippen LogP contribution in [0.4, 0.5) is 4.39 Å². The van der Waals surface area contributed by atoms with E-state index in [0.717, 1.165) is 37.7 Å². The molecule has 0 aliphatic heterocycles. The Balaban J connectivity index is 1.66. The number of hydrogen-bond donors (Lipinski definition) is 1. The van der Waals surface area contributed by atoms with Crippen LogP contribution in [0.3, 0.4) is 0 Å². The van der Waals surface area contributed by atoms with Crippen LogP contribution >= 0.6 is 0 Å². The van der Waals surface area contributed by atoms with Gasteiger partial charge in [0, 0.05) is 24.5 Å². The van der Waals surface area contributed by atoms with Gasteiger partial charge < -0.3 is 10.6 Å². The molecule has 0 bridgehead atoms. The van der Waals surface area contributed by atoms with E-state index in [1.807, 2.05) is 4.90 Å². The Labute approximate surface area is 118 Å². The van der Waals surface area contributed by atoms with E-state index < -0.39 is 0 Å². The maximum Gasteiger partial charge on any atom is 0.224 e. The summed E-state index contributed by atoms with van der Waals surface area (Å²) in [6.45, 7) is 0.569. The van der Waals surface area contributed by atoms with E-state index in [0.29, 0.717) is 19.0 Å². The smallest absolute Gasteiger partial charge is 0.224 e. The lowest BCUT2D eigenvalue weighted by Crippen LogP contribution is -2.50. The van der Waals surface area contributed by atoms with Crippen LogP contribution in [-0.4, -0.2) is 22.4 Å². The van der Waals surface area contributed by atoms with E-state index in [2.05, 4.69) is 0 Å². The van der Waals surface area contributed by atoms with Crippen molar-refractivity contribution in [3.8, 4) is 0 Å². The molecule has 0 heterocycles. The fourth-order valence-electron chi connectivity index (χ4n) is 2.80. The number of hydrogen-bond acceptors (Lipinski definition) is 2. The summed E-state index contributed by atoms with van der Waals surface area (Å²) in [4.78, 5) is 14.4. The molecule has 2 saturated carbocycles. The van der Waals surface area contributed by atoms with Gasteiger partial charge in [0.1, 0.15) is 5.82 Å². The fraction of sp³-hybridized carbons (Fsp3) is 0.562. The molecule has 3 nitrogen and oxygen atoms in total. The predicted octanol–water partition coefficient (Wildman–Crippen LogP) is 2.59. The summed E-state index contributed by atoms with van der Waals surface area (Å²) in [6, 6.07) is 6.75. The molecule has 4 heteroatoms. The van der Waals surface area contributed by atoms with E-state index >= 15 is 0 Å². The van der Waals surface area contributed by atoms with Crippen LogP contribution in [0.25, 0.3) is 0 Å². The molecule has 2 fully saturated rings. The molecule has 0 unspecified atom stereocenters. The maximum atomic E-state index is 12.9. The van der Waals surface area contributed by atoms with Crippen LogP contribution in [0.2, 0.25) is 0 Å². The highest BCUT2D eigenvalue weighted by atomic mass is 19.1. The van der Waals surface area contributed by atoms with E-state index in [1.165, 1.54) is 12.1 Å². The highest BCUT2D eigenvalue weighted by Crippen LogP contribution is 2.35. The molecule has 2 aliphatic rings. The Bertz CT molecular complexity index is 492. The van der Waals surface area contributed by atoms with Gasteiger partial charge >= 0.3 is 0 Å². The molecule has 20 heavy (non-hydrogen) atoms. The van der Waals surface area contributed by atoms with Crippen molar-refractivity contribution in [2.75, 3.05) is 0 Å². The molecule has 1 aromatic rings. The number of carbonyl (C=O) groups excluding carboxylic acids is 1. The number of halogens is 1. The highest BCUT2D eigenvalue weighted by molar-refractivity contribution is 5.78. The monoisotopic (exact) mass is 276 g/mol. The van der Waals surface area contributed by atoms with Crippen molar-refractivity contribution in [1.29, 1.82) is 0 Å².